The van der Waals surface area contributed by atoms with Crippen LogP contribution in [0.15, 0.2) is 18.2 Å². The van der Waals surface area contributed by atoms with Gasteiger partial charge in [-0.2, -0.15) is 0 Å². The van der Waals surface area contributed by atoms with Crippen LogP contribution < -0.4 is 20.1 Å². The second-order valence-electron chi connectivity index (χ2n) is 5.73. The zero-order valence-corrected chi connectivity index (χ0v) is 13.7. The van der Waals surface area contributed by atoms with Crippen molar-refractivity contribution in [3.05, 3.63) is 18.2 Å². The van der Waals surface area contributed by atoms with Gasteiger partial charge in [0, 0.05) is 12.6 Å². The number of rotatable bonds is 5. The minimum Gasteiger partial charge on any atom is -0.497 e. The quantitative estimate of drug-likeness (QED) is 0.817. The summed E-state index contributed by atoms with van der Waals surface area (Å²) in [7, 11) is 3.04. The molecule has 0 bridgehead atoms. The molecule has 1 aromatic carbocycles. The maximum Gasteiger partial charge on any atom is 0.313 e. The Kier molecular flexibility index (Phi) is 6.26. The van der Waals surface area contributed by atoms with E-state index in [2.05, 4.69) is 10.6 Å². The summed E-state index contributed by atoms with van der Waals surface area (Å²) < 4.78 is 10.3. The minimum absolute atomic E-state index is 0.436. The van der Waals surface area contributed by atoms with Gasteiger partial charge in [0.25, 0.3) is 0 Å². The van der Waals surface area contributed by atoms with Crippen molar-refractivity contribution < 1.29 is 19.1 Å². The number of benzene rings is 1. The smallest absolute Gasteiger partial charge is 0.313 e. The van der Waals surface area contributed by atoms with Crippen LogP contribution in [0, 0.1) is 5.92 Å². The molecule has 6 heteroatoms. The maximum atomic E-state index is 12.0. The molecular weight excluding hydrogens is 296 g/mol. The third-order valence-electron chi connectivity index (χ3n) is 4.14. The van der Waals surface area contributed by atoms with E-state index in [0.717, 1.165) is 12.8 Å². The molecule has 2 amide bonds. The highest BCUT2D eigenvalue weighted by Crippen LogP contribution is 2.29. The van der Waals surface area contributed by atoms with Crippen molar-refractivity contribution in [3.8, 4) is 11.5 Å². The molecule has 23 heavy (non-hydrogen) atoms. The Morgan fingerprint density at radius 2 is 1.83 bits per heavy atom. The van der Waals surface area contributed by atoms with Gasteiger partial charge in [0.1, 0.15) is 11.5 Å². The number of anilines is 1. The Balaban J connectivity index is 1.88. The van der Waals surface area contributed by atoms with Crippen LogP contribution in [0.5, 0.6) is 11.5 Å². The lowest BCUT2D eigenvalue weighted by atomic mass is 9.89. The molecule has 0 unspecified atom stereocenters. The van der Waals surface area contributed by atoms with E-state index in [0.29, 0.717) is 29.6 Å². The Labute approximate surface area is 136 Å². The maximum absolute atomic E-state index is 12.0. The number of carbonyl (C=O) groups is 2. The number of amides is 2. The molecule has 1 aliphatic carbocycles. The first kappa shape index (κ1) is 17.1. The molecule has 1 fully saturated rings. The van der Waals surface area contributed by atoms with Crippen molar-refractivity contribution in [3.63, 3.8) is 0 Å². The SMILES string of the molecule is COc1ccc(NC(=O)C(=O)NCC2CCCCC2)c(OC)c1. The van der Waals surface area contributed by atoms with Gasteiger partial charge in [-0.15, -0.1) is 0 Å². The standard InChI is InChI=1S/C17H24N2O4/c1-22-13-8-9-14(15(10-13)23-2)19-17(21)16(20)18-11-12-6-4-3-5-7-12/h8-10,12H,3-7,11H2,1-2H3,(H,18,20)(H,19,21). The summed E-state index contributed by atoms with van der Waals surface area (Å²) in [5.41, 5.74) is 0.436. The number of nitrogens with one attached hydrogen (secondary N) is 2. The van der Waals surface area contributed by atoms with Gasteiger partial charge in [0.15, 0.2) is 0 Å². The van der Waals surface area contributed by atoms with Crippen LogP contribution in [0.25, 0.3) is 0 Å². The Morgan fingerprint density at radius 3 is 2.48 bits per heavy atom. The van der Waals surface area contributed by atoms with Gasteiger partial charge in [-0.3, -0.25) is 9.59 Å². The Morgan fingerprint density at radius 1 is 1.09 bits per heavy atom. The van der Waals surface area contributed by atoms with Crippen molar-refractivity contribution in [1.29, 1.82) is 0 Å². The van der Waals surface area contributed by atoms with Gasteiger partial charge in [-0.1, -0.05) is 19.3 Å². The van der Waals surface area contributed by atoms with E-state index in [1.165, 1.54) is 26.4 Å². The highest BCUT2D eigenvalue weighted by molar-refractivity contribution is 6.39. The summed E-state index contributed by atoms with van der Waals surface area (Å²) in [6.07, 6.45) is 5.91. The molecule has 126 valence electrons. The highest BCUT2D eigenvalue weighted by atomic mass is 16.5. The van der Waals surface area contributed by atoms with Crippen LogP contribution in [-0.2, 0) is 9.59 Å². The third-order valence-corrected chi connectivity index (χ3v) is 4.14. The summed E-state index contributed by atoms with van der Waals surface area (Å²) in [5.74, 6) is 0.230. The molecule has 2 rings (SSSR count). The summed E-state index contributed by atoms with van der Waals surface area (Å²) >= 11 is 0. The Bertz CT molecular complexity index is 554. The van der Waals surface area contributed by atoms with E-state index in [1.807, 2.05) is 0 Å². The lowest BCUT2D eigenvalue weighted by Gasteiger charge is -2.21. The molecule has 1 aliphatic rings. The molecule has 2 N–H and O–H groups in total. The molecule has 0 saturated heterocycles. The molecule has 0 radical (unpaired) electrons. The van der Waals surface area contributed by atoms with Crippen molar-refractivity contribution in [1.82, 2.24) is 5.32 Å². The monoisotopic (exact) mass is 320 g/mol. The zero-order valence-electron chi connectivity index (χ0n) is 13.7. The zero-order chi connectivity index (χ0) is 16.7. The summed E-state index contributed by atoms with van der Waals surface area (Å²) in [5, 5.41) is 5.28. The van der Waals surface area contributed by atoms with E-state index in [1.54, 1.807) is 25.3 Å². The fourth-order valence-corrected chi connectivity index (χ4v) is 2.79. The molecular formula is C17H24N2O4. The van der Waals surface area contributed by atoms with Crippen molar-refractivity contribution in [2.24, 2.45) is 5.92 Å². The number of methoxy groups -OCH3 is 2. The molecule has 0 heterocycles. The predicted molar refractivity (Wildman–Crippen MR) is 87.8 cm³/mol. The summed E-state index contributed by atoms with van der Waals surface area (Å²) in [4.78, 5) is 23.9. The van der Waals surface area contributed by atoms with Crippen molar-refractivity contribution in [2.75, 3.05) is 26.1 Å². The number of carbonyl (C=O) groups excluding carboxylic acids is 2. The van der Waals surface area contributed by atoms with E-state index >= 15 is 0 Å². The molecule has 0 aromatic heterocycles. The van der Waals surface area contributed by atoms with Gasteiger partial charge in [0.2, 0.25) is 0 Å². The van der Waals surface area contributed by atoms with Crippen LogP contribution in [0.4, 0.5) is 5.69 Å². The van der Waals surface area contributed by atoms with Crippen molar-refractivity contribution in [2.45, 2.75) is 32.1 Å². The van der Waals surface area contributed by atoms with Crippen LogP contribution in [0.1, 0.15) is 32.1 Å². The second-order valence-corrected chi connectivity index (χ2v) is 5.73. The van der Waals surface area contributed by atoms with Crippen LogP contribution in [-0.4, -0.2) is 32.6 Å². The largest absolute Gasteiger partial charge is 0.497 e. The number of hydrogen-bond acceptors (Lipinski definition) is 4. The summed E-state index contributed by atoms with van der Waals surface area (Å²) in [6.45, 7) is 0.562. The minimum atomic E-state index is -0.690. The lowest BCUT2D eigenvalue weighted by Crippen LogP contribution is -2.38. The van der Waals surface area contributed by atoms with Gasteiger partial charge >= 0.3 is 11.8 Å². The first-order valence-electron chi connectivity index (χ1n) is 7.95. The normalized spacial score (nSPS) is 14.9. The topological polar surface area (TPSA) is 76.7 Å². The fraction of sp³-hybridized carbons (Fsp3) is 0.529. The lowest BCUT2D eigenvalue weighted by molar-refractivity contribution is -0.136. The van der Waals surface area contributed by atoms with E-state index in [4.69, 9.17) is 9.47 Å². The molecule has 0 spiro atoms. The number of hydrogen-bond donors (Lipinski definition) is 2. The fourth-order valence-electron chi connectivity index (χ4n) is 2.79. The van der Waals surface area contributed by atoms with Crippen LogP contribution >= 0.6 is 0 Å². The van der Waals surface area contributed by atoms with Gasteiger partial charge in [-0.25, -0.2) is 0 Å². The third kappa shape index (κ3) is 4.87. The van der Waals surface area contributed by atoms with Crippen molar-refractivity contribution >= 4 is 17.5 Å². The molecule has 6 nitrogen and oxygen atoms in total. The highest BCUT2D eigenvalue weighted by Gasteiger charge is 2.19. The predicted octanol–water partition coefficient (Wildman–Crippen LogP) is 2.34. The van der Waals surface area contributed by atoms with Crippen LogP contribution in [0.2, 0.25) is 0 Å². The van der Waals surface area contributed by atoms with Gasteiger partial charge in [-0.05, 0) is 30.9 Å². The van der Waals surface area contributed by atoms with E-state index in [-0.39, 0.29) is 0 Å². The molecule has 1 aromatic rings. The first-order valence-corrected chi connectivity index (χ1v) is 7.95. The van der Waals surface area contributed by atoms with Gasteiger partial charge < -0.3 is 20.1 Å². The summed E-state index contributed by atoms with van der Waals surface area (Å²) in [6, 6.07) is 4.98. The van der Waals surface area contributed by atoms with E-state index in [9.17, 15) is 9.59 Å². The average molecular weight is 320 g/mol. The average Bonchev–Trinajstić information content (AvgIpc) is 2.60. The van der Waals surface area contributed by atoms with Gasteiger partial charge in [0.05, 0.1) is 19.9 Å². The molecule has 1 saturated carbocycles. The van der Waals surface area contributed by atoms with E-state index < -0.39 is 11.8 Å². The Hall–Kier alpha value is -2.24. The first-order chi connectivity index (χ1) is 11.1. The second kappa shape index (κ2) is 8.41. The van der Waals surface area contributed by atoms with Crippen LogP contribution in [0.3, 0.4) is 0 Å². The number of ether oxygens (including phenoxy) is 2. The molecule has 0 atom stereocenters. The molecule has 0 aliphatic heterocycles.